The molecule has 33 heavy (non-hydrogen) atoms. The smallest absolute Gasteiger partial charge is 0.404 e. The van der Waals surface area contributed by atoms with Gasteiger partial charge in [0.2, 0.25) is 6.79 Å². The van der Waals surface area contributed by atoms with Crippen molar-refractivity contribution in [3.05, 3.63) is 22.9 Å². The van der Waals surface area contributed by atoms with Crippen molar-refractivity contribution in [1.29, 1.82) is 0 Å². The third-order valence-corrected chi connectivity index (χ3v) is 8.06. The minimum atomic E-state index is -0.947. The number of amides is 1. The van der Waals surface area contributed by atoms with E-state index in [2.05, 4.69) is 35.8 Å². The van der Waals surface area contributed by atoms with Gasteiger partial charge in [-0.15, -0.1) is 0 Å². The molecule has 0 radical (unpaired) electrons. The Morgan fingerprint density at radius 1 is 1.24 bits per heavy atom. The van der Waals surface area contributed by atoms with Crippen LogP contribution in [0, 0.1) is 5.92 Å². The van der Waals surface area contributed by atoms with Crippen LogP contribution in [-0.2, 0) is 6.54 Å². The van der Waals surface area contributed by atoms with Crippen LogP contribution in [0.2, 0.25) is 0 Å². The lowest BCUT2D eigenvalue weighted by molar-refractivity contribution is 0.174. The molecule has 0 unspecified atom stereocenters. The molecular weight excluding hydrogens is 512 g/mol. The summed E-state index contributed by atoms with van der Waals surface area (Å²) in [6.07, 6.45) is 5.17. The molecule has 0 saturated heterocycles. The number of nitrogens with two attached hydrogens (primary N) is 1. The van der Waals surface area contributed by atoms with Crippen LogP contribution in [-0.4, -0.2) is 43.6 Å². The largest absolute Gasteiger partial charge is 0.465 e. The van der Waals surface area contributed by atoms with Gasteiger partial charge in [-0.25, -0.2) is 19.7 Å². The molecule has 1 aliphatic heterocycles. The molecule has 0 spiro atoms. The SMILES string of the molecule is Nc1ncnc2c1nc(Sc1cc3c(cc1Br)OCO3)n2CC[C@H]1CC[C@H](NC(=O)O)CC1. The summed E-state index contributed by atoms with van der Waals surface area (Å²) in [6, 6.07) is 3.89. The fourth-order valence-electron chi connectivity index (χ4n) is 4.37. The Kier molecular flexibility index (Phi) is 6.19. The molecule has 1 amide bonds. The van der Waals surface area contributed by atoms with Crippen molar-refractivity contribution in [3.63, 3.8) is 0 Å². The lowest BCUT2D eigenvalue weighted by Crippen LogP contribution is -2.36. The highest BCUT2D eigenvalue weighted by atomic mass is 79.9. The first-order valence-electron chi connectivity index (χ1n) is 10.7. The number of carbonyl (C=O) groups is 1. The number of ether oxygens (including phenoxy) is 2. The zero-order valence-corrected chi connectivity index (χ0v) is 20.1. The standard InChI is InChI=1S/C21H23BrN6O4S/c22-13-7-14-15(32-10-31-14)8-16(13)33-20-27-17-18(23)24-9-25-19(17)28(20)6-5-11-1-3-12(4-2-11)26-21(29)30/h7-9,11-12,26H,1-6,10H2,(H,29,30)(H2,23,24,25)/t11-,12-. The highest BCUT2D eigenvalue weighted by molar-refractivity contribution is 9.10. The first-order valence-corrected chi connectivity index (χ1v) is 12.3. The summed E-state index contributed by atoms with van der Waals surface area (Å²) in [6.45, 7) is 0.948. The van der Waals surface area contributed by atoms with Gasteiger partial charge in [-0.1, -0.05) is 11.8 Å². The summed E-state index contributed by atoms with van der Waals surface area (Å²) in [5.41, 5.74) is 7.39. The van der Waals surface area contributed by atoms with Crippen molar-refractivity contribution >= 4 is 50.8 Å². The van der Waals surface area contributed by atoms with E-state index in [0.29, 0.717) is 34.4 Å². The predicted molar refractivity (Wildman–Crippen MR) is 126 cm³/mol. The van der Waals surface area contributed by atoms with Crippen LogP contribution in [0.5, 0.6) is 11.5 Å². The maximum absolute atomic E-state index is 10.9. The highest BCUT2D eigenvalue weighted by Crippen LogP contribution is 2.43. The van der Waals surface area contributed by atoms with E-state index in [1.165, 1.54) is 18.1 Å². The fraction of sp³-hybridized carbons (Fsp3) is 0.429. The molecule has 2 aromatic heterocycles. The summed E-state index contributed by atoms with van der Waals surface area (Å²) in [7, 11) is 0. The van der Waals surface area contributed by atoms with Gasteiger partial charge < -0.3 is 30.2 Å². The highest BCUT2D eigenvalue weighted by Gasteiger charge is 2.24. The van der Waals surface area contributed by atoms with Crippen molar-refractivity contribution in [2.45, 2.75) is 54.7 Å². The maximum Gasteiger partial charge on any atom is 0.404 e. The molecule has 0 atom stereocenters. The van der Waals surface area contributed by atoms with Gasteiger partial charge in [0.05, 0.1) is 0 Å². The molecule has 3 heterocycles. The first-order chi connectivity index (χ1) is 16.0. The molecule has 1 aliphatic carbocycles. The van der Waals surface area contributed by atoms with Gasteiger partial charge >= 0.3 is 6.09 Å². The number of fused-ring (bicyclic) bond motifs is 2. The minimum Gasteiger partial charge on any atom is -0.465 e. The monoisotopic (exact) mass is 534 g/mol. The molecule has 1 aromatic carbocycles. The Hall–Kier alpha value is -2.73. The molecule has 12 heteroatoms. The van der Waals surface area contributed by atoms with E-state index in [1.807, 2.05) is 12.1 Å². The van der Waals surface area contributed by atoms with Crippen LogP contribution in [0.25, 0.3) is 11.2 Å². The van der Waals surface area contributed by atoms with E-state index in [9.17, 15) is 4.79 Å². The lowest BCUT2D eigenvalue weighted by Gasteiger charge is -2.28. The van der Waals surface area contributed by atoms with Gasteiger partial charge in [0.15, 0.2) is 33.6 Å². The van der Waals surface area contributed by atoms with Crippen molar-refractivity contribution in [2.24, 2.45) is 5.92 Å². The summed E-state index contributed by atoms with van der Waals surface area (Å²) in [5.74, 6) is 2.28. The van der Waals surface area contributed by atoms with E-state index < -0.39 is 6.09 Å². The van der Waals surface area contributed by atoms with Crippen LogP contribution >= 0.6 is 27.7 Å². The second-order valence-electron chi connectivity index (χ2n) is 8.17. The van der Waals surface area contributed by atoms with Crippen LogP contribution in [0.4, 0.5) is 10.6 Å². The van der Waals surface area contributed by atoms with E-state index in [0.717, 1.165) is 53.2 Å². The topological polar surface area (TPSA) is 137 Å². The molecule has 2 aliphatic rings. The number of rotatable bonds is 6. The maximum atomic E-state index is 10.9. The number of anilines is 1. The average molecular weight is 535 g/mol. The van der Waals surface area contributed by atoms with Gasteiger partial charge in [0.25, 0.3) is 0 Å². The molecule has 1 fully saturated rings. The summed E-state index contributed by atoms with van der Waals surface area (Å²) in [4.78, 5) is 25.2. The van der Waals surface area contributed by atoms with Crippen LogP contribution in [0.1, 0.15) is 32.1 Å². The number of halogens is 1. The molecule has 4 N–H and O–H groups in total. The van der Waals surface area contributed by atoms with E-state index in [1.54, 1.807) is 0 Å². The van der Waals surface area contributed by atoms with E-state index in [-0.39, 0.29) is 12.8 Å². The normalized spacial score (nSPS) is 19.7. The zero-order chi connectivity index (χ0) is 22.9. The molecule has 1 saturated carbocycles. The number of aromatic nitrogens is 4. The fourth-order valence-corrected chi connectivity index (χ4v) is 5.88. The third kappa shape index (κ3) is 4.67. The quantitative estimate of drug-likeness (QED) is 0.423. The number of carboxylic acid groups (broad SMARTS) is 1. The summed E-state index contributed by atoms with van der Waals surface area (Å²) in [5, 5.41) is 12.3. The number of nitrogens with zero attached hydrogens (tertiary/aromatic N) is 4. The molecule has 5 rings (SSSR count). The Morgan fingerprint density at radius 2 is 2.00 bits per heavy atom. The zero-order valence-electron chi connectivity index (χ0n) is 17.7. The van der Waals surface area contributed by atoms with Crippen molar-refractivity contribution in [2.75, 3.05) is 12.5 Å². The predicted octanol–water partition coefficient (Wildman–Crippen LogP) is 4.27. The molecule has 0 bridgehead atoms. The Bertz CT molecular complexity index is 1200. The first kappa shape index (κ1) is 22.1. The minimum absolute atomic E-state index is 0.0508. The number of imidazole rings is 1. The number of hydrogen-bond donors (Lipinski definition) is 3. The average Bonchev–Trinajstić information content (AvgIpc) is 3.38. The van der Waals surface area contributed by atoms with Crippen LogP contribution in [0.15, 0.2) is 33.0 Å². The van der Waals surface area contributed by atoms with Gasteiger partial charge in [-0.3, -0.25) is 0 Å². The van der Waals surface area contributed by atoms with Crippen LogP contribution in [0.3, 0.4) is 0 Å². The molecule has 3 aromatic rings. The van der Waals surface area contributed by atoms with Gasteiger partial charge in [-0.2, -0.15) is 0 Å². The second kappa shape index (κ2) is 9.26. The molecule has 174 valence electrons. The van der Waals surface area contributed by atoms with Gasteiger partial charge in [0, 0.05) is 22.0 Å². The third-order valence-electron chi connectivity index (χ3n) is 6.09. The van der Waals surface area contributed by atoms with Crippen molar-refractivity contribution in [1.82, 2.24) is 24.8 Å². The van der Waals surface area contributed by atoms with Crippen molar-refractivity contribution < 1.29 is 19.4 Å². The lowest BCUT2D eigenvalue weighted by atomic mass is 9.84. The number of nitrogens with one attached hydrogen (secondary N) is 1. The van der Waals surface area contributed by atoms with Crippen molar-refractivity contribution in [3.8, 4) is 11.5 Å². The molecule has 10 nitrogen and oxygen atoms in total. The number of aryl methyl sites for hydroxylation is 1. The summed E-state index contributed by atoms with van der Waals surface area (Å²) >= 11 is 5.13. The Labute approximate surface area is 202 Å². The number of hydrogen-bond acceptors (Lipinski definition) is 8. The Morgan fingerprint density at radius 3 is 2.76 bits per heavy atom. The van der Waals surface area contributed by atoms with E-state index >= 15 is 0 Å². The molecular formula is C21H23BrN6O4S. The Balaban J connectivity index is 1.36. The van der Waals surface area contributed by atoms with E-state index in [4.69, 9.17) is 25.3 Å². The van der Waals surface area contributed by atoms with Crippen LogP contribution < -0.4 is 20.5 Å². The van der Waals surface area contributed by atoms with Gasteiger partial charge in [-0.05, 0) is 66.1 Å². The summed E-state index contributed by atoms with van der Waals surface area (Å²) < 4.78 is 14.0. The number of nitrogen functional groups attached to an aromatic ring is 1. The van der Waals surface area contributed by atoms with Gasteiger partial charge in [0.1, 0.15) is 6.33 Å². The second-order valence-corrected chi connectivity index (χ2v) is 10.0. The number of benzene rings is 1.